The van der Waals surface area contributed by atoms with E-state index in [-0.39, 0.29) is 11.5 Å². The Balaban J connectivity index is 0.000000346. The normalized spacial score (nSPS) is 12.1. The molecule has 2 heterocycles. The second-order valence-electron chi connectivity index (χ2n) is 5.36. The van der Waals surface area contributed by atoms with Gasteiger partial charge in [0.15, 0.2) is 11.3 Å². The SMILES string of the molecule is COS(=O)(=O)[O-].Cn1cc([N+](C)(C)C)c2c(=O)[nH]c(N)nc21. The van der Waals surface area contributed by atoms with Crippen LogP contribution in [0.3, 0.4) is 0 Å². The summed E-state index contributed by atoms with van der Waals surface area (Å²) < 4.78 is 33.4. The number of quaternary nitrogens is 1. The summed E-state index contributed by atoms with van der Waals surface area (Å²) in [7, 11) is 4.26. The van der Waals surface area contributed by atoms with Crippen molar-refractivity contribution in [2.45, 2.75) is 0 Å². The maximum atomic E-state index is 11.9. The Morgan fingerprint density at radius 3 is 2.32 bits per heavy atom. The standard InChI is InChI=1S/C10H15N5O.CH4O4S/c1-14-5-6(15(2,3)4)7-8(14)12-10(11)13-9(7)16;1-5-6(2,3)4/h5H,1-4H3,(H2-,11,12,13,16);1H3,(H,2,3,4). The molecular weight excluding hydrogens is 314 g/mol. The Labute approximate surface area is 127 Å². The summed E-state index contributed by atoms with van der Waals surface area (Å²) in [6, 6.07) is 0. The molecule has 11 heteroatoms. The van der Waals surface area contributed by atoms with Crippen LogP contribution in [0.1, 0.15) is 0 Å². The molecule has 0 aliphatic heterocycles. The predicted molar refractivity (Wildman–Crippen MR) is 82.0 cm³/mol. The van der Waals surface area contributed by atoms with Gasteiger partial charge >= 0.3 is 0 Å². The van der Waals surface area contributed by atoms with Gasteiger partial charge in [0, 0.05) is 7.05 Å². The highest BCUT2D eigenvalue weighted by molar-refractivity contribution is 7.80. The van der Waals surface area contributed by atoms with Crippen LogP contribution in [0, 0.1) is 0 Å². The predicted octanol–water partition coefficient (Wildman–Crippen LogP) is -0.866. The Morgan fingerprint density at radius 1 is 1.41 bits per heavy atom. The van der Waals surface area contributed by atoms with Crippen molar-refractivity contribution in [3.63, 3.8) is 0 Å². The van der Waals surface area contributed by atoms with E-state index in [0.29, 0.717) is 15.5 Å². The topological polar surface area (TPSA) is 143 Å². The van der Waals surface area contributed by atoms with E-state index < -0.39 is 10.4 Å². The van der Waals surface area contributed by atoms with Crippen molar-refractivity contribution in [2.24, 2.45) is 7.05 Å². The molecule has 0 aliphatic rings. The van der Waals surface area contributed by atoms with Gasteiger partial charge in [0.1, 0.15) is 5.39 Å². The number of rotatable bonds is 2. The number of fused-ring (bicyclic) bond motifs is 1. The Bertz CT molecular complexity index is 831. The fourth-order valence-electron chi connectivity index (χ4n) is 1.78. The first-order valence-corrected chi connectivity index (χ1v) is 7.38. The smallest absolute Gasteiger partial charge is 0.267 e. The van der Waals surface area contributed by atoms with Crippen molar-refractivity contribution in [3.8, 4) is 0 Å². The van der Waals surface area contributed by atoms with E-state index in [0.717, 1.165) is 12.8 Å². The average molecular weight is 333 g/mol. The van der Waals surface area contributed by atoms with Crippen LogP contribution in [0.25, 0.3) is 11.0 Å². The van der Waals surface area contributed by atoms with Crippen molar-refractivity contribution < 1.29 is 17.2 Å². The number of aromatic nitrogens is 3. The zero-order valence-electron chi connectivity index (χ0n) is 12.9. The monoisotopic (exact) mass is 333 g/mol. The van der Waals surface area contributed by atoms with Crippen molar-refractivity contribution in [3.05, 3.63) is 16.6 Å². The number of hydrogen-bond acceptors (Lipinski definition) is 7. The Morgan fingerprint density at radius 2 is 1.91 bits per heavy atom. The van der Waals surface area contributed by atoms with Crippen LogP contribution in [0.4, 0.5) is 11.6 Å². The number of H-pyrrole nitrogens is 1. The van der Waals surface area contributed by atoms with Crippen LogP contribution >= 0.6 is 0 Å². The van der Waals surface area contributed by atoms with Crippen LogP contribution in [-0.2, 0) is 21.6 Å². The number of nitrogens with zero attached hydrogens (tertiary/aromatic N) is 3. The third-order valence-electron chi connectivity index (χ3n) is 2.75. The van der Waals surface area contributed by atoms with E-state index in [4.69, 9.17) is 5.73 Å². The highest BCUT2D eigenvalue weighted by atomic mass is 32.3. The third kappa shape index (κ3) is 4.27. The minimum atomic E-state index is -4.41. The molecule has 0 saturated heterocycles. The fourth-order valence-corrected chi connectivity index (χ4v) is 1.78. The van der Waals surface area contributed by atoms with Gasteiger partial charge < -0.3 is 14.9 Å². The second-order valence-corrected chi connectivity index (χ2v) is 6.51. The molecule has 0 aromatic carbocycles. The Hall–Kier alpha value is -1.95. The molecule has 0 atom stereocenters. The highest BCUT2D eigenvalue weighted by Gasteiger charge is 2.23. The first-order chi connectivity index (χ1) is 9.86. The third-order valence-corrected chi connectivity index (χ3v) is 3.16. The molecule has 0 spiro atoms. The lowest BCUT2D eigenvalue weighted by Crippen LogP contribution is -2.35. The summed E-state index contributed by atoms with van der Waals surface area (Å²) in [6.07, 6.45) is 1.91. The summed E-state index contributed by atoms with van der Waals surface area (Å²) in [4.78, 5) is 18.6. The van der Waals surface area contributed by atoms with Gasteiger partial charge in [-0.25, -0.2) is 8.42 Å². The first kappa shape index (κ1) is 18.1. The number of nitrogens with two attached hydrogens (primary N) is 1. The fraction of sp³-hybridized carbons (Fsp3) is 0.455. The summed E-state index contributed by atoms with van der Waals surface area (Å²) in [5.41, 5.74) is 6.88. The van der Waals surface area contributed by atoms with Gasteiger partial charge in [0.05, 0.1) is 34.4 Å². The maximum absolute atomic E-state index is 11.9. The van der Waals surface area contributed by atoms with Gasteiger partial charge in [-0.15, -0.1) is 0 Å². The largest absolute Gasteiger partial charge is 0.726 e. The number of hydrogen-bond donors (Lipinski definition) is 2. The van der Waals surface area contributed by atoms with Gasteiger partial charge in [-0.2, -0.15) is 4.98 Å². The summed E-state index contributed by atoms with van der Waals surface area (Å²) >= 11 is 0. The molecule has 2 aromatic rings. The van der Waals surface area contributed by atoms with Gasteiger partial charge in [0.25, 0.3) is 5.56 Å². The molecule has 22 heavy (non-hydrogen) atoms. The van der Waals surface area contributed by atoms with E-state index in [1.807, 2.05) is 39.0 Å². The molecule has 0 fully saturated rings. The van der Waals surface area contributed by atoms with E-state index >= 15 is 0 Å². The lowest BCUT2D eigenvalue weighted by molar-refractivity contribution is 0.314. The lowest BCUT2D eigenvalue weighted by Gasteiger charge is -2.21. The van der Waals surface area contributed by atoms with E-state index in [2.05, 4.69) is 14.2 Å². The molecular formula is C11H19N5O5S. The number of nitrogens with one attached hydrogen (secondary N) is 1. The molecule has 10 nitrogen and oxygen atoms in total. The summed E-state index contributed by atoms with van der Waals surface area (Å²) in [6.45, 7) is 0. The van der Waals surface area contributed by atoms with Crippen LogP contribution in [0.2, 0.25) is 0 Å². The lowest BCUT2D eigenvalue weighted by atomic mass is 10.3. The van der Waals surface area contributed by atoms with Crippen molar-refractivity contribution in [1.82, 2.24) is 19.0 Å². The van der Waals surface area contributed by atoms with Crippen LogP contribution in [0.5, 0.6) is 0 Å². The average Bonchev–Trinajstić information content (AvgIpc) is 2.67. The summed E-state index contributed by atoms with van der Waals surface area (Å²) in [5, 5.41) is 0.601. The molecule has 3 N–H and O–H groups in total. The molecule has 0 amide bonds. The first-order valence-electron chi connectivity index (χ1n) is 6.05. The minimum Gasteiger partial charge on any atom is -0.726 e. The molecule has 0 aliphatic carbocycles. The zero-order chi connectivity index (χ0) is 17.3. The highest BCUT2D eigenvalue weighted by Crippen LogP contribution is 2.26. The van der Waals surface area contributed by atoms with E-state index in [1.54, 1.807) is 0 Å². The molecule has 0 saturated carbocycles. The number of anilines is 1. The van der Waals surface area contributed by atoms with Gasteiger partial charge in [0.2, 0.25) is 16.3 Å². The molecule has 0 bridgehead atoms. The van der Waals surface area contributed by atoms with Crippen molar-refractivity contribution in [2.75, 3.05) is 34.0 Å². The van der Waals surface area contributed by atoms with Gasteiger partial charge in [-0.3, -0.25) is 18.4 Å². The van der Waals surface area contributed by atoms with Crippen LogP contribution < -0.4 is 15.8 Å². The second kappa shape index (κ2) is 6.04. The van der Waals surface area contributed by atoms with Crippen LogP contribution in [0.15, 0.2) is 11.0 Å². The minimum absolute atomic E-state index is 0.145. The van der Waals surface area contributed by atoms with Crippen molar-refractivity contribution >= 4 is 33.1 Å². The van der Waals surface area contributed by atoms with E-state index in [1.165, 1.54) is 0 Å². The molecule has 0 radical (unpaired) electrons. The van der Waals surface area contributed by atoms with Crippen LogP contribution in [-0.4, -0.2) is 55.8 Å². The number of nitrogen functional groups attached to an aromatic ring is 1. The zero-order valence-corrected chi connectivity index (χ0v) is 13.8. The van der Waals surface area contributed by atoms with Gasteiger partial charge in [-0.1, -0.05) is 0 Å². The number of aromatic amines is 1. The quantitative estimate of drug-likeness (QED) is 0.413. The maximum Gasteiger partial charge on any atom is 0.267 e. The number of aryl methyl sites for hydroxylation is 1. The van der Waals surface area contributed by atoms with Gasteiger partial charge in [-0.05, 0) is 0 Å². The Kier molecular flexibility index (Phi) is 4.97. The molecule has 124 valence electrons. The molecule has 2 aromatic heterocycles. The molecule has 2 rings (SSSR count). The molecule has 0 unspecified atom stereocenters. The van der Waals surface area contributed by atoms with Crippen molar-refractivity contribution in [1.29, 1.82) is 0 Å². The van der Waals surface area contributed by atoms with E-state index in [9.17, 15) is 17.8 Å². The summed E-state index contributed by atoms with van der Waals surface area (Å²) in [5.74, 6) is 0.145.